The van der Waals surface area contributed by atoms with Gasteiger partial charge in [0.05, 0.1) is 0 Å². The van der Waals surface area contributed by atoms with Crippen LogP contribution >= 0.6 is 0 Å². The van der Waals surface area contributed by atoms with E-state index in [0.717, 1.165) is 38.5 Å². The number of nitrogens with zero attached hydrogens (tertiary/aromatic N) is 2. The van der Waals surface area contributed by atoms with E-state index in [1.807, 2.05) is 0 Å². The fourth-order valence-electron chi connectivity index (χ4n) is 2.10. The molecule has 0 bridgehead atoms. The first-order valence-electron chi connectivity index (χ1n) is 6.81. The van der Waals surface area contributed by atoms with Crippen molar-refractivity contribution in [3.05, 3.63) is 0 Å². The number of rotatable bonds is 8. The lowest BCUT2D eigenvalue weighted by Gasteiger charge is -2.27. The van der Waals surface area contributed by atoms with Crippen LogP contribution in [0.1, 0.15) is 58.8 Å². The lowest BCUT2D eigenvalue weighted by molar-refractivity contribution is -0.147. The van der Waals surface area contributed by atoms with E-state index in [2.05, 4.69) is 13.8 Å². The van der Waals surface area contributed by atoms with Crippen LogP contribution in [0, 0.1) is 0 Å². The summed E-state index contributed by atoms with van der Waals surface area (Å²) in [5.74, 6) is -0.0507. The Hall–Kier alpha value is -1.06. The second-order valence-electron chi connectivity index (χ2n) is 4.62. The molecule has 0 aromatic rings. The number of hydrogen-bond acceptors (Lipinski definition) is 2. The summed E-state index contributed by atoms with van der Waals surface area (Å²) in [5, 5.41) is 3.32. The monoisotopic (exact) mass is 240 g/mol. The molecule has 0 spiro atoms. The van der Waals surface area contributed by atoms with Gasteiger partial charge >= 0.3 is 0 Å². The first-order valence-corrected chi connectivity index (χ1v) is 6.81. The highest BCUT2D eigenvalue weighted by Crippen LogP contribution is 2.16. The van der Waals surface area contributed by atoms with E-state index in [9.17, 15) is 9.59 Å². The Kier molecular flexibility index (Phi) is 6.01. The van der Waals surface area contributed by atoms with Crippen molar-refractivity contribution in [3.63, 3.8) is 0 Å². The fraction of sp³-hybridized carbons (Fsp3) is 0.846. The van der Waals surface area contributed by atoms with Crippen molar-refractivity contribution in [1.82, 2.24) is 10.0 Å². The molecule has 1 rings (SSSR count). The molecule has 1 aliphatic heterocycles. The van der Waals surface area contributed by atoms with E-state index in [-0.39, 0.29) is 18.2 Å². The molecule has 1 heterocycles. The Balaban J connectivity index is 2.44. The number of hydrogen-bond donors (Lipinski definition) is 0. The maximum absolute atomic E-state index is 11.7. The van der Waals surface area contributed by atoms with Crippen LogP contribution in [-0.4, -0.2) is 34.9 Å². The molecule has 1 aliphatic rings. The molecule has 0 unspecified atom stereocenters. The molecule has 4 heteroatoms. The number of hydrazine groups is 1. The maximum atomic E-state index is 11.7. The number of unbranched alkanes of at least 4 members (excludes halogenated alkanes) is 4. The first kappa shape index (κ1) is 14.0. The van der Waals surface area contributed by atoms with Gasteiger partial charge in [0.25, 0.3) is 11.8 Å². The highest BCUT2D eigenvalue weighted by Gasteiger charge is 2.34. The average Bonchev–Trinajstić information content (AvgIpc) is 2.56. The van der Waals surface area contributed by atoms with Crippen LogP contribution in [0.15, 0.2) is 0 Å². The van der Waals surface area contributed by atoms with Crippen LogP contribution in [0.2, 0.25) is 0 Å². The van der Waals surface area contributed by atoms with E-state index in [1.54, 1.807) is 10.0 Å². The molecule has 0 saturated carbocycles. The predicted octanol–water partition coefficient (Wildman–Crippen LogP) is 2.34. The standard InChI is InChI=1S/C13H24N2O2/c1-3-5-7-9-14-12(16)11-13(17)15(14)10-8-6-4-2/h3-11H2,1-2H3. The lowest BCUT2D eigenvalue weighted by atomic mass is 10.2. The van der Waals surface area contributed by atoms with Crippen molar-refractivity contribution in [3.8, 4) is 0 Å². The van der Waals surface area contributed by atoms with Crippen LogP contribution in [-0.2, 0) is 9.59 Å². The molecule has 0 atom stereocenters. The van der Waals surface area contributed by atoms with Gasteiger partial charge in [-0.3, -0.25) is 19.6 Å². The molecule has 0 aliphatic carbocycles. The van der Waals surface area contributed by atoms with Crippen molar-refractivity contribution in [1.29, 1.82) is 0 Å². The van der Waals surface area contributed by atoms with Gasteiger partial charge in [0, 0.05) is 13.1 Å². The summed E-state index contributed by atoms with van der Waals surface area (Å²) >= 11 is 0. The van der Waals surface area contributed by atoms with E-state index >= 15 is 0 Å². The predicted molar refractivity (Wildman–Crippen MR) is 67.1 cm³/mol. The zero-order valence-corrected chi connectivity index (χ0v) is 11.1. The molecule has 2 amide bonds. The van der Waals surface area contributed by atoms with E-state index in [1.165, 1.54) is 0 Å². The summed E-state index contributed by atoms with van der Waals surface area (Å²) in [6.07, 6.45) is 6.52. The molecule has 17 heavy (non-hydrogen) atoms. The summed E-state index contributed by atoms with van der Waals surface area (Å²) in [7, 11) is 0. The summed E-state index contributed by atoms with van der Waals surface area (Å²) in [4.78, 5) is 23.4. The summed E-state index contributed by atoms with van der Waals surface area (Å²) < 4.78 is 0. The zero-order valence-electron chi connectivity index (χ0n) is 11.1. The van der Waals surface area contributed by atoms with E-state index in [0.29, 0.717) is 13.1 Å². The molecule has 0 radical (unpaired) electrons. The van der Waals surface area contributed by atoms with Crippen LogP contribution < -0.4 is 0 Å². The number of amides is 2. The van der Waals surface area contributed by atoms with Gasteiger partial charge < -0.3 is 0 Å². The van der Waals surface area contributed by atoms with Gasteiger partial charge in [0.2, 0.25) is 0 Å². The Morgan fingerprint density at radius 2 is 1.24 bits per heavy atom. The minimum absolute atomic E-state index is 0.0254. The smallest absolute Gasteiger partial charge is 0.250 e. The quantitative estimate of drug-likeness (QED) is 0.482. The van der Waals surface area contributed by atoms with Crippen molar-refractivity contribution in [2.75, 3.05) is 13.1 Å². The summed E-state index contributed by atoms with van der Waals surface area (Å²) in [6.45, 7) is 5.67. The molecule has 0 aromatic carbocycles. The van der Waals surface area contributed by atoms with Gasteiger partial charge in [0.1, 0.15) is 6.42 Å². The minimum Gasteiger partial charge on any atom is -0.272 e. The molecular formula is C13H24N2O2. The highest BCUT2D eigenvalue weighted by molar-refractivity contribution is 6.02. The van der Waals surface area contributed by atoms with Gasteiger partial charge in [-0.2, -0.15) is 0 Å². The number of carbonyl (C=O) groups excluding carboxylic acids is 2. The van der Waals surface area contributed by atoms with Gasteiger partial charge in [-0.15, -0.1) is 0 Å². The van der Waals surface area contributed by atoms with Crippen molar-refractivity contribution < 1.29 is 9.59 Å². The van der Waals surface area contributed by atoms with Crippen molar-refractivity contribution >= 4 is 11.8 Å². The Bertz CT molecular complexity index is 240. The molecular weight excluding hydrogens is 216 g/mol. The van der Waals surface area contributed by atoms with Crippen LogP contribution in [0.5, 0.6) is 0 Å². The topological polar surface area (TPSA) is 40.6 Å². The molecule has 98 valence electrons. The molecule has 4 nitrogen and oxygen atoms in total. The second-order valence-corrected chi connectivity index (χ2v) is 4.62. The normalized spacial score (nSPS) is 16.1. The highest BCUT2D eigenvalue weighted by atomic mass is 16.2. The van der Waals surface area contributed by atoms with Crippen LogP contribution in [0.25, 0.3) is 0 Å². The third-order valence-corrected chi connectivity index (χ3v) is 3.12. The van der Waals surface area contributed by atoms with Gasteiger partial charge in [0.15, 0.2) is 0 Å². The zero-order chi connectivity index (χ0) is 12.7. The average molecular weight is 240 g/mol. The van der Waals surface area contributed by atoms with Crippen LogP contribution in [0.3, 0.4) is 0 Å². The van der Waals surface area contributed by atoms with E-state index < -0.39 is 0 Å². The first-order chi connectivity index (χ1) is 8.20. The van der Waals surface area contributed by atoms with Crippen molar-refractivity contribution in [2.45, 2.75) is 58.8 Å². The van der Waals surface area contributed by atoms with Gasteiger partial charge in [-0.1, -0.05) is 39.5 Å². The maximum Gasteiger partial charge on any atom is 0.250 e. The molecule has 0 N–H and O–H groups in total. The largest absolute Gasteiger partial charge is 0.272 e. The SMILES string of the molecule is CCCCCN1C(=O)CC(=O)N1CCCCC. The minimum atomic E-state index is -0.0254. The summed E-state index contributed by atoms with van der Waals surface area (Å²) in [5.41, 5.74) is 0. The number of carbonyl (C=O) groups is 2. The molecule has 1 fully saturated rings. The third-order valence-electron chi connectivity index (χ3n) is 3.12. The van der Waals surface area contributed by atoms with Gasteiger partial charge in [-0.05, 0) is 12.8 Å². The third kappa shape index (κ3) is 4.02. The summed E-state index contributed by atoms with van der Waals surface area (Å²) in [6, 6.07) is 0. The second kappa shape index (κ2) is 7.30. The fourth-order valence-corrected chi connectivity index (χ4v) is 2.10. The van der Waals surface area contributed by atoms with Crippen molar-refractivity contribution in [2.24, 2.45) is 0 Å². The Morgan fingerprint density at radius 1 is 0.824 bits per heavy atom. The van der Waals surface area contributed by atoms with E-state index in [4.69, 9.17) is 0 Å². The Morgan fingerprint density at radius 3 is 1.59 bits per heavy atom. The molecule has 0 aromatic heterocycles. The lowest BCUT2D eigenvalue weighted by Crippen LogP contribution is -2.42. The van der Waals surface area contributed by atoms with Crippen LogP contribution in [0.4, 0.5) is 0 Å². The van der Waals surface area contributed by atoms with Gasteiger partial charge in [-0.25, -0.2) is 0 Å². The Labute approximate surface area is 104 Å². The molecule has 1 saturated heterocycles.